The molecule has 16 heavy (non-hydrogen) atoms. The lowest BCUT2D eigenvalue weighted by atomic mass is 10.2. The zero-order valence-electron chi connectivity index (χ0n) is 7.92. The van der Waals surface area contributed by atoms with Gasteiger partial charge >= 0.3 is 0 Å². The van der Waals surface area contributed by atoms with Crippen LogP contribution in [0.2, 0.25) is 5.02 Å². The Kier molecular flexibility index (Phi) is 3.66. The normalized spacial score (nSPS) is 10.4. The molecule has 2 rings (SSSR count). The van der Waals surface area contributed by atoms with Gasteiger partial charge in [0.15, 0.2) is 5.82 Å². The molecule has 0 aliphatic heterocycles. The first kappa shape index (κ1) is 12.1. The molecule has 0 saturated carbocycles. The smallest absolute Gasteiger partial charge is 0.163 e. The summed E-state index contributed by atoms with van der Waals surface area (Å²) in [7, 11) is 0. The van der Waals surface area contributed by atoms with Crippen molar-refractivity contribution in [2.45, 2.75) is 0 Å². The van der Waals surface area contributed by atoms with E-state index < -0.39 is 0 Å². The highest BCUT2D eigenvalue weighted by Crippen LogP contribution is 2.28. The van der Waals surface area contributed by atoms with E-state index in [4.69, 9.17) is 17.3 Å². The molecule has 0 fully saturated rings. The van der Waals surface area contributed by atoms with Crippen LogP contribution in [0.5, 0.6) is 0 Å². The zero-order chi connectivity index (χ0) is 11.7. The number of anilines is 1. The summed E-state index contributed by atoms with van der Waals surface area (Å²) in [6.07, 6.45) is 1.68. The van der Waals surface area contributed by atoms with E-state index in [9.17, 15) is 0 Å². The second-order valence-electron chi connectivity index (χ2n) is 3.05. The molecule has 0 saturated heterocycles. The van der Waals surface area contributed by atoms with Gasteiger partial charge in [-0.2, -0.15) is 0 Å². The average molecular weight is 410 g/mol. The molecule has 82 valence electrons. The Morgan fingerprint density at radius 2 is 2.12 bits per heavy atom. The Hall–Kier alpha value is -0.400. The largest absolute Gasteiger partial charge is 0.383 e. The van der Waals surface area contributed by atoms with E-state index in [1.807, 2.05) is 12.1 Å². The van der Waals surface area contributed by atoms with Crippen LogP contribution < -0.4 is 5.73 Å². The summed E-state index contributed by atoms with van der Waals surface area (Å²) >= 11 is 11.5. The second kappa shape index (κ2) is 4.85. The highest BCUT2D eigenvalue weighted by molar-refractivity contribution is 14.1. The number of aromatic nitrogens is 2. The second-order valence-corrected chi connectivity index (χ2v) is 5.54. The minimum Gasteiger partial charge on any atom is -0.383 e. The number of nitrogen functional groups attached to an aromatic ring is 1. The quantitative estimate of drug-likeness (QED) is 0.729. The van der Waals surface area contributed by atoms with Gasteiger partial charge in [-0.1, -0.05) is 27.5 Å². The number of hydrogen-bond donors (Lipinski definition) is 1. The van der Waals surface area contributed by atoms with Crippen molar-refractivity contribution in [3.05, 3.63) is 37.5 Å². The maximum atomic E-state index is 6.10. The molecule has 1 aromatic carbocycles. The molecule has 0 aliphatic carbocycles. The van der Waals surface area contributed by atoms with Crippen LogP contribution in [0.15, 0.2) is 28.9 Å². The van der Waals surface area contributed by atoms with Gasteiger partial charge in [0.1, 0.15) is 5.82 Å². The third kappa shape index (κ3) is 2.46. The monoisotopic (exact) mass is 409 g/mol. The van der Waals surface area contributed by atoms with Crippen LogP contribution in [-0.2, 0) is 0 Å². The average Bonchev–Trinajstić information content (AvgIpc) is 2.22. The van der Waals surface area contributed by atoms with E-state index in [0.29, 0.717) is 16.7 Å². The maximum absolute atomic E-state index is 6.10. The van der Waals surface area contributed by atoms with E-state index in [0.717, 1.165) is 13.6 Å². The lowest BCUT2D eigenvalue weighted by Gasteiger charge is -2.04. The van der Waals surface area contributed by atoms with Gasteiger partial charge in [-0.05, 0) is 40.8 Å². The van der Waals surface area contributed by atoms with Crippen molar-refractivity contribution in [2.24, 2.45) is 0 Å². The Bertz CT molecular complexity index is 548. The third-order valence-corrected chi connectivity index (χ3v) is 3.58. The summed E-state index contributed by atoms with van der Waals surface area (Å²) in [6, 6.07) is 5.54. The molecule has 0 amide bonds. The first-order valence-electron chi connectivity index (χ1n) is 4.31. The van der Waals surface area contributed by atoms with Crippen LogP contribution in [0.25, 0.3) is 11.4 Å². The lowest BCUT2D eigenvalue weighted by Crippen LogP contribution is -1.98. The van der Waals surface area contributed by atoms with E-state index >= 15 is 0 Å². The molecule has 1 heterocycles. The number of hydrogen-bond acceptors (Lipinski definition) is 3. The third-order valence-electron chi connectivity index (χ3n) is 1.94. The van der Waals surface area contributed by atoms with Gasteiger partial charge in [-0.15, -0.1) is 0 Å². The highest BCUT2D eigenvalue weighted by Gasteiger charge is 2.08. The number of benzene rings is 1. The van der Waals surface area contributed by atoms with Crippen molar-refractivity contribution < 1.29 is 0 Å². The first-order chi connectivity index (χ1) is 7.58. The Labute approximate surface area is 120 Å². The number of nitrogens with two attached hydrogens (primary N) is 1. The zero-order valence-corrected chi connectivity index (χ0v) is 12.4. The van der Waals surface area contributed by atoms with Gasteiger partial charge in [0, 0.05) is 16.2 Å². The molecular formula is C10H6BrClIN3. The lowest BCUT2D eigenvalue weighted by molar-refractivity contribution is 1.17. The topological polar surface area (TPSA) is 51.8 Å². The molecule has 6 heteroatoms. The Morgan fingerprint density at radius 3 is 2.75 bits per heavy atom. The molecule has 0 bridgehead atoms. The van der Waals surface area contributed by atoms with Crippen molar-refractivity contribution in [3.8, 4) is 11.4 Å². The van der Waals surface area contributed by atoms with Gasteiger partial charge in [0.05, 0.1) is 8.59 Å². The highest BCUT2D eigenvalue weighted by atomic mass is 127. The fraction of sp³-hybridized carbons (Fsp3) is 0. The van der Waals surface area contributed by atoms with Crippen molar-refractivity contribution in [1.29, 1.82) is 0 Å². The predicted molar refractivity (Wildman–Crippen MR) is 77.3 cm³/mol. The van der Waals surface area contributed by atoms with E-state index in [2.05, 4.69) is 48.5 Å². The summed E-state index contributed by atoms with van der Waals surface area (Å²) in [5.74, 6) is 1.00. The van der Waals surface area contributed by atoms with Gasteiger partial charge in [0.2, 0.25) is 0 Å². The van der Waals surface area contributed by atoms with Crippen LogP contribution in [0.1, 0.15) is 0 Å². The van der Waals surface area contributed by atoms with Gasteiger partial charge < -0.3 is 5.73 Å². The minimum atomic E-state index is 0.463. The molecule has 0 spiro atoms. The van der Waals surface area contributed by atoms with E-state index in [1.165, 1.54) is 0 Å². The van der Waals surface area contributed by atoms with Crippen LogP contribution in [0.4, 0.5) is 5.82 Å². The van der Waals surface area contributed by atoms with Crippen LogP contribution >= 0.6 is 50.1 Å². The van der Waals surface area contributed by atoms with E-state index in [1.54, 1.807) is 12.3 Å². The summed E-state index contributed by atoms with van der Waals surface area (Å²) < 4.78 is 1.74. The summed E-state index contributed by atoms with van der Waals surface area (Å²) in [5.41, 5.74) is 6.50. The van der Waals surface area contributed by atoms with Crippen LogP contribution in [0, 0.1) is 3.57 Å². The predicted octanol–water partition coefficient (Wildman–Crippen LogP) is 3.75. The van der Waals surface area contributed by atoms with Gasteiger partial charge in [0.25, 0.3) is 0 Å². The van der Waals surface area contributed by atoms with Crippen molar-refractivity contribution >= 4 is 55.9 Å². The molecule has 0 radical (unpaired) electrons. The summed E-state index contributed by atoms with van der Waals surface area (Å²) in [5, 5.41) is 0.593. The Morgan fingerprint density at radius 1 is 1.38 bits per heavy atom. The molecule has 2 aromatic rings. The van der Waals surface area contributed by atoms with Crippen molar-refractivity contribution in [1.82, 2.24) is 9.97 Å². The van der Waals surface area contributed by atoms with Crippen LogP contribution in [-0.4, -0.2) is 9.97 Å². The molecule has 0 aliphatic rings. The van der Waals surface area contributed by atoms with Crippen molar-refractivity contribution in [3.63, 3.8) is 0 Å². The molecular weight excluding hydrogens is 404 g/mol. The molecule has 1 aromatic heterocycles. The molecule has 2 N–H and O–H groups in total. The van der Waals surface area contributed by atoms with Crippen molar-refractivity contribution in [2.75, 3.05) is 5.73 Å². The standard InChI is InChI=1S/C10H6BrClIN3/c11-5-1-2-6(7(12)3-5)10-15-4-8(13)9(14)16-10/h1-4H,(H2,14,15,16). The van der Waals surface area contributed by atoms with Gasteiger partial charge in [-0.25, -0.2) is 9.97 Å². The number of nitrogens with zero attached hydrogens (tertiary/aromatic N) is 2. The van der Waals surface area contributed by atoms with E-state index in [-0.39, 0.29) is 0 Å². The van der Waals surface area contributed by atoms with Gasteiger partial charge in [-0.3, -0.25) is 0 Å². The number of rotatable bonds is 1. The summed E-state index contributed by atoms with van der Waals surface area (Å²) in [6.45, 7) is 0. The molecule has 0 atom stereocenters. The first-order valence-corrected chi connectivity index (χ1v) is 6.56. The fourth-order valence-corrected chi connectivity index (χ4v) is 2.20. The molecule has 3 nitrogen and oxygen atoms in total. The SMILES string of the molecule is Nc1nc(-c2ccc(Br)cc2Cl)ncc1I. The molecule has 0 unspecified atom stereocenters. The minimum absolute atomic E-state index is 0.463. The van der Waals surface area contributed by atoms with Crippen LogP contribution in [0.3, 0.4) is 0 Å². The Balaban J connectivity index is 2.54. The fourth-order valence-electron chi connectivity index (χ4n) is 1.18. The summed E-state index contributed by atoms with van der Waals surface area (Å²) in [4.78, 5) is 8.39. The maximum Gasteiger partial charge on any atom is 0.163 e. The number of halogens is 3.